The highest BCUT2D eigenvalue weighted by atomic mass is 35.5. The van der Waals surface area contributed by atoms with Crippen molar-refractivity contribution in [2.24, 2.45) is 0 Å². The van der Waals surface area contributed by atoms with Crippen molar-refractivity contribution in [2.75, 3.05) is 26.2 Å². The molecule has 2 N–H and O–H groups in total. The van der Waals surface area contributed by atoms with Gasteiger partial charge in [-0.1, -0.05) is 23.7 Å². The lowest BCUT2D eigenvalue weighted by Gasteiger charge is -2.23. The lowest BCUT2D eigenvalue weighted by atomic mass is 10.2. The van der Waals surface area contributed by atoms with Gasteiger partial charge in [0.2, 0.25) is 21.8 Å². The van der Waals surface area contributed by atoms with Gasteiger partial charge in [0, 0.05) is 24.7 Å². The molecule has 1 aliphatic rings. The molecule has 0 saturated carbocycles. The lowest BCUT2D eigenvalue weighted by Crippen LogP contribution is -2.45. The highest BCUT2D eigenvalue weighted by Gasteiger charge is 2.22. The summed E-state index contributed by atoms with van der Waals surface area (Å²) >= 11 is 5.91. The zero-order chi connectivity index (χ0) is 23.8. The fraction of sp³-hybridized carbons (Fsp3) is 0.364. The third-order valence-corrected chi connectivity index (χ3v) is 6.73. The van der Waals surface area contributed by atoms with E-state index in [1.165, 1.54) is 4.90 Å². The molecule has 2 amide bonds. The smallest absolute Gasteiger partial charge is 0.241 e. The van der Waals surface area contributed by atoms with E-state index in [1.807, 2.05) is 0 Å². The molecule has 178 valence electrons. The van der Waals surface area contributed by atoms with E-state index < -0.39 is 28.3 Å². The summed E-state index contributed by atoms with van der Waals surface area (Å²) in [5.41, 5.74) is 0.723. The molecular weight excluding hydrogens is 473 g/mol. The van der Waals surface area contributed by atoms with Gasteiger partial charge in [0.25, 0.3) is 0 Å². The van der Waals surface area contributed by atoms with Crippen molar-refractivity contribution < 1.29 is 27.1 Å². The number of benzene rings is 2. The van der Waals surface area contributed by atoms with Crippen LogP contribution in [0.2, 0.25) is 5.02 Å². The monoisotopic (exact) mass is 497 g/mol. The molecule has 0 aliphatic carbocycles. The van der Waals surface area contributed by atoms with E-state index in [0.717, 1.165) is 42.7 Å². The average molecular weight is 498 g/mol. The standard InChI is InChI=1S/C22H25ClFN3O5S/c23-17-5-3-16(4-6-17)14-27(15-21(28)25-12-19-2-1-11-32-19)22(29)13-26-33(30,31)20-9-7-18(24)8-10-20/h3-10,19,26H,1-2,11-15H2,(H,25,28)/t19-/m0/s1. The second-order valence-electron chi connectivity index (χ2n) is 7.59. The summed E-state index contributed by atoms with van der Waals surface area (Å²) in [5.74, 6) is -1.55. The van der Waals surface area contributed by atoms with Gasteiger partial charge in [0.1, 0.15) is 5.82 Å². The van der Waals surface area contributed by atoms with Crippen LogP contribution in [0.4, 0.5) is 4.39 Å². The Labute approximate surface area is 197 Å². The molecule has 33 heavy (non-hydrogen) atoms. The van der Waals surface area contributed by atoms with E-state index in [1.54, 1.807) is 24.3 Å². The van der Waals surface area contributed by atoms with E-state index >= 15 is 0 Å². The first-order valence-electron chi connectivity index (χ1n) is 10.4. The second-order valence-corrected chi connectivity index (χ2v) is 9.80. The van der Waals surface area contributed by atoms with Crippen molar-refractivity contribution in [2.45, 2.75) is 30.4 Å². The molecule has 3 rings (SSSR count). The molecule has 0 aromatic heterocycles. The Hall–Kier alpha value is -2.53. The van der Waals surface area contributed by atoms with Gasteiger partial charge in [0.05, 0.1) is 24.1 Å². The van der Waals surface area contributed by atoms with Crippen LogP contribution in [-0.2, 0) is 30.9 Å². The summed E-state index contributed by atoms with van der Waals surface area (Å²) in [6.07, 6.45) is 1.76. The molecule has 1 heterocycles. The van der Waals surface area contributed by atoms with Crippen molar-refractivity contribution in [3.05, 3.63) is 64.9 Å². The SMILES string of the molecule is O=C(CN(Cc1ccc(Cl)cc1)C(=O)CNS(=O)(=O)c1ccc(F)cc1)NC[C@@H]1CCCO1. The highest BCUT2D eigenvalue weighted by molar-refractivity contribution is 7.89. The molecule has 1 fully saturated rings. The first kappa shape index (κ1) is 25.1. The Morgan fingerprint density at radius 3 is 2.45 bits per heavy atom. The van der Waals surface area contributed by atoms with E-state index in [4.69, 9.17) is 16.3 Å². The van der Waals surface area contributed by atoms with E-state index in [0.29, 0.717) is 18.2 Å². The first-order valence-corrected chi connectivity index (χ1v) is 12.2. The third kappa shape index (κ3) is 7.78. The number of halogens is 2. The van der Waals surface area contributed by atoms with Crippen LogP contribution in [0, 0.1) is 5.82 Å². The van der Waals surface area contributed by atoms with Gasteiger partial charge in [-0.15, -0.1) is 0 Å². The zero-order valence-corrected chi connectivity index (χ0v) is 19.4. The number of sulfonamides is 1. The molecule has 0 radical (unpaired) electrons. The Bertz CT molecular complexity index is 1060. The van der Waals surface area contributed by atoms with Crippen molar-refractivity contribution in [1.82, 2.24) is 14.9 Å². The van der Waals surface area contributed by atoms with Crippen molar-refractivity contribution in [3.63, 3.8) is 0 Å². The number of carbonyl (C=O) groups excluding carboxylic acids is 2. The number of nitrogens with zero attached hydrogens (tertiary/aromatic N) is 1. The summed E-state index contributed by atoms with van der Waals surface area (Å²) in [5, 5.41) is 3.28. The number of ether oxygens (including phenoxy) is 1. The van der Waals surface area contributed by atoms with Gasteiger partial charge in [0.15, 0.2) is 0 Å². The van der Waals surface area contributed by atoms with Crippen LogP contribution in [0.25, 0.3) is 0 Å². The molecule has 11 heteroatoms. The van der Waals surface area contributed by atoms with Gasteiger partial charge >= 0.3 is 0 Å². The van der Waals surface area contributed by atoms with Crippen LogP contribution >= 0.6 is 11.6 Å². The second kappa shape index (κ2) is 11.6. The molecule has 0 bridgehead atoms. The summed E-state index contributed by atoms with van der Waals surface area (Å²) in [6, 6.07) is 11.0. The summed E-state index contributed by atoms with van der Waals surface area (Å²) < 4.78 is 45.6. The number of rotatable bonds is 10. The minimum absolute atomic E-state index is 0.0446. The van der Waals surface area contributed by atoms with Crippen LogP contribution in [-0.4, -0.2) is 57.5 Å². The summed E-state index contributed by atoms with van der Waals surface area (Å²) in [7, 11) is -4.03. The van der Waals surface area contributed by atoms with Gasteiger partial charge in [-0.2, -0.15) is 0 Å². The molecule has 1 aliphatic heterocycles. The molecule has 0 unspecified atom stereocenters. The largest absolute Gasteiger partial charge is 0.376 e. The number of carbonyl (C=O) groups is 2. The van der Waals surface area contributed by atoms with Crippen LogP contribution in [0.1, 0.15) is 18.4 Å². The topological polar surface area (TPSA) is 105 Å². The van der Waals surface area contributed by atoms with Crippen LogP contribution < -0.4 is 10.0 Å². The maximum Gasteiger partial charge on any atom is 0.241 e. The Morgan fingerprint density at radius 1 is 1.12 bits per heavy atom. The van der Waals surface area contributed by atoms with Crippen molar-refractivity contribution in [1.29, 1.82) is 0 Å². The molecule has 2 aromatic rings. The zero-order valence-electron chi connectivity index (χ0n) is 17.8. The normalized spacial score (nSPS) is 15.9. The first-order chi connectivity index (χ1) is 15.7. The maximum atomic E-state index is 13.1. The fourth-order valence-corrected chi connectivity index (χ4v) is 4.37. The molecule has 8 nitrogen and oxygen atoms in total. The van der Waals surface area contributed by atoms with E-state index in [-0.39, 0.29) is 30.0 Å². The molecular formula is C22H25ClFN3O5S. The predicted octanol–water partition coefficient (Wildman–Crippen LogP) is 2.08. The Morgan fingerprint density at radius 2 is 1.82 bits per heavy atom. The minimum Gasteiger partial charge on any atom is -0.376 e. The number of hydrogen-bond acceptors (Lipinski definition) is 5. The Kier molecular flexibility index (Phi) is 8.79. The van der Waals surface area contributed by atoms with Gasteiger partial charge in [-0.25, -0.2) is 17.5 Å². The van der Waals surface area contributed by atoms with Crippen LogP contribution in [0.5, 0.6) is 0 Å². The van der Waals surface area contributed by atoms with Gasteiger partial charge in [-0.3, -0.25) is 9.59 Å². The molecule has 2 aromatic carbocycles. The van der Waals surface area contributed by atoms with Gasteiger partial charge in [-0.05, 0) is 54.8 Å². The van der Waals surface area contributed by atoms with E-state index in [2.05, 4.69) is 10.0 Å². The summed E-state index contributed by atoms with van der Waals surface area (Å²) in [6.45, 7) is 0.273. The quantitative estimate of drug-likeness (QED) is 0.523. The predicted molar refractivity (Wildman–Crippen MR) is 120 cm³/mol. The van der Waals surface area contributed by atoms with E-state index in [9.17, 15) is 22.4 Å². The fourth-order valence-electron chi connectivity index (χ4n) is 3.27. The number of nitrogens with one attached hydrogen (secondary N) is 2. The van der Waals surface area contributed by atoms with Gasteiger partial charge < -0.3 is 15.0 Å². The average Bonchev–Trinajstić information content (AvgIpc) is 3.31. The third-order valence-electron chi connectivity index (χ3n) is 5.06. The summed E-state index contributed by atoms with van der Waals surface area (Å²) in [4.78, 5) is 26.4. The van der Waals surface area contributed by atoms with Crippen molar-refractivity contribution >= 4 is 33.4 Å². The van der Waals surface area contributed by atoms with Crippen molar-refractivity contribution in [3.8, 4) is 0 Å². The molecule has 0 spiro atoms. The molecule has 1 atom stereocenters. The maximum absolute atomic E-state index is 13.1. The van der Waals surface area contributed by atoms with Crippen LogP contribution in [0.3, 0.4) is 0 Å². The highest BCUT2D eigenvalue weighted by Crippen LogP contribution is 2.13. The number of hydrogen-bond donors (Lipinski definition) is 2. The molecule has 1 saturated heterocycles. The lowest BCUT2D eigenvalue weighted by molar-refractivity contribution is -0.135. The van der Waals surface area contributed by atoms with Crippen LogP contribution in [0.15, 0.2) is 53.4 Å². The Balaban J connectivity index is 1.64. The number of amides is 2. The minimum atomic E-state index is -4.03.